The molecule has 0 saturated heterocycles. The Morgan fingerprint density at radius 1 is 0.875 bits per heavy atom. The minimum Gasteiger partial charge on any atom is -0.390 e. The van der Waals surface area contributed by atoms with Crippen molar-refractivity contribution in [1.82, 2.24) is 0 Å². The first-order valence-electron chi connectivity index (χ1n) is 10.6. The van der Waals surface area contributed by atoms with E-state index in [-0.39, 0.29) is 0 Å². The molecule has 8 atom stereocenters. The number of nitrogens with two attached hydrogens (primary N) is 1. The number of hydrogen-bond acceptors (Lipinski definition) is 2. The molecule has 0 radical (unpaired) electrons. The number of aliphatic hydroxyl groups is 1. The predicted molar refractivity (Wildman–Crippen MR) is 99.5 cm³/mol. The van der Waals surface area contributed by atoms with Gasteiger partial charge in [0.15, 0.2) is 0 Å². The monoisotopic (exact) mass is 333 g/mol. The minimum absolute atomic E-state index is 0.369. The van der Waals surface area contributed by atoms with Gasteiger partial charge < -0.3 is 10.8 Å². The van der Waals surface area contributed by atoms with Gasteiger partial charge in [-0.05, 0) is 112 Å². The predicted octanol–water partition coefficient (Wildman–Crippen LogP) is 4.74. The second kappa shape index (κ2) is 5.46. The van der Waals surface area contributed by atoms with Crippen LogP contribution in [0.15, 0.2) is 0 Å². The van der Waals surface area contributed by atoms with E-state index in [1.165, 1.54) is 57.8 Å². The summed E-state index contributed by atoms with van der Waals surface area (Å²) in [5.41, 5.74) is 6.71. The van der Waals surface area contributed by atoms with Gasteiger partial charge in [0.05, 0.1) is 5.60 Å². The maximum atomic E-state index is 10.8. The largest absolute Gasteiger partial charge is 0.390 e. The van der Waals surface area contributed by atoms with E-state index in [0.717, 1.165) is 23.7 Å². The molecule has 0 bridgehead atoms. The van der Waals surface area contributed by atoms with Crippen LogP contribution in [-0.2, 0) is 0 Å². The molecular weight excluding hydrogens is 294 g/mol. The molecule has 0 spiro atoms. The second-order valence-corrected chi connectivity index (χ2v) is 11.0. The van der Waals surface area contributed by atoms with E-state index in [1.54, 1.807) is 0 Å². The van der Waals surface area contributed by atoms with Crippen LogP contribution in [0.1, 0.15) is 85.5 Å². The molecule has 4 fully saturated rings. The van der Waals surface area contributed by atoms with Gasteiger partial charge in [-0.3, -0.25) is 0 Å². The van der Waals surface area contributed by atoms with Crippen LogP contribution in [0, 0.1) is 40.4 Å². The van der Waals surface area contributed by atoms with E-state index in [2.05, 4.69) is 27.7 Å². The highest BCUT2D eigenvalue weighted by atomic mass is 16.3. The van der Waals surface area contributed by atoms with Crippen molar-refractivity contribution < 1.29 is 5.11 Å². The lowest BCUT2D eigenvalue weighted by atomic mass is 9.44. The molecule has 0 aromatic carbocycles. The molecule has 4 saturated carbocycles. The van der Waals surface area contributed by atoms with Crippen molar-refractivity contribution in [3.63, 3.8) is 0 Å². The van der Waals surface area contributed by atoms with E-state index < -0.39 is 5.60 Å². The van der Waals surface area contributed by atoms with Gasteiger partial charge in [-0.1, -0.05) is 13.8 Å². The van der Waals surface area contributed by atoms with Crippen LogP contribution in [0.5, 0.6) is 0 Å². The smallest absolute Gasteiger partial charge is 0.0625 e. The maximum absolute atomic E-state index is 10.8. The molecule has 0 aromatic heterocycles. The molecule has 4 rings (SSSR count). The van der Waals surface area contributed by atoms with Crippen molar-refractivity contribution in [2.24, 2.45) is 46.2 Å². The summed E-state index contributed by atoms with van der Waals surface area (Å²) in [5.74, 6) is 4.04. The minimum atomic E-state index is -0.519. The lowest BCUT2D eigenvalue weighted by molar-refractivity contribution is -0.132. The Bertz CT molecular complexity index is 497. The summed E-state index contributed by atoms with van der Waals surface area (Å²) in [4.78, 5) is 0. The van der Waals surface area contributed by atoms with E-state index in [4.69, 9.17) is 5.73 Å². The van der Waals surface area contributed by atoms with E-state index in [0.29, 0.717) is 22.8 Å². The van der Waals surface area contributed by atoms with E-state index >= 15 is 0 Å². The van der Waals surface area contributed by atoms with Crippen LogP contribution in [-0.4, -0.2) is 16.7 Å². The molecule has 0 aromatic rings. The van der Waals surface area contributed by atoms with Crippen molar-refractivity contribution in [3.8, 4) is 0 Å². The van der Waals surface area contributed by atoms with Crippen LogP contribution in [0.3, 0.4) is 0 Å². The van der Waals surface area contributed by atoms with Crippen LogP contribution in [0.4, 0.5) is 0 Å². The zero-order chi connectivity index (χ0) is 17.3. The molecular formula is C22H39NO. The first-order chi connectivity index (χ1) is 11.2. The van der Waals surface area contributed by atoms with Gasteiger partial charge in [-0.25, -0.2) is 0 Å². The average Bonchev–Trinajstić information content (AvgIpc) is 2.85. The van der Waals surface area contributed by atoms with Gasteiger partial charge in [0.1, 0.15) is 0 Å². The highest BCUT2D eigenvalue weighted by Gasteiger charge is 2.61. The van der Waals surface area contributed by atoms with Crippen LogP contribution in [0.25, 0.3) is 0 Å². The number of hydrogen-bond donors (Lipinski definition) is 2. The summed E-state index contributed by atoms with van der Waals surface area (Å²) >= 11 is 0. The molecule has 24 heavy (non-hydrogen) atoms. The zero-order valence-corrected chi connectivity index (χ0v) is 16.4. The summed E-state index contributed by atoms with van der Waals surface area (Å²) in [6.07, 6.45) is 12.0. The third-order valence-electron chi connectivity index (χ3n) is 9.56. The van der Waals surface area contributed by atoms with Crippen molar-refractivity contribution in [2.75, 3.05) is 0 Å². The zero-order valence-electron chi connectivity index (χ0n) is 16.4. The van der Waals surface area contributed by atoms with Crippen molar-refractivity contribution >= 4 is 0 Å². The summed E-state index contributed by atoms with van der Waals surface area (Å²) < 4.78 is 0. The Hall–Kier alpha value is -0.0800. The molecule has 2 heteroatoms. The Balaban J connectivity index is 1.61. The fourth-order valence-electron chi connectivity index (χ4n) is 8.45. The molecule has 0 amide bonds. The highest BCUT2D eigenvalue weighted by Crippen LogP contribution is 2.68. The van der Waals surface area contributed by atoms with Gasteiger partial charge in [0.25, 0.3) is 0 Å². The summed E-state index contributed by atoms with van der Waals surface area (Å²) in [7, 11) is 0. The van der Waals surface area contributed by atoms with Crippen molar-refractivity contribution in [1.29, 1.82) is 0 Å². The highest BCUT2D eigenvalue weighted by molar-refractivity contribution is 5.11. The first kappa shape index (κ1) is 17.3. The van der Waals surface area contributed by atoms with E-state index in [1.807, 2.05) is 0 Å². The standard InChI is InChI=1S/C22H39NO/c1-20(2,24)19-8-7-17-16-6-5-14-13-15(23)9-11-21(14,3)18(16)10-12-22(17,19)4/h14-19,24H,5-13,23H2,1-4H3/t14-,15+,16-,17-,18-,19+,21-,22-/m0/s1. The Morgan fingerprint density at radius 3 is 2.25 bits per heavy atom. The first-order valence-corrected chi connectivity index (χ1v) is 10.6. The molecule has 0 aliphatic heterocycles. The number of fused-ring (bicyclic) bond motifs is 5. The quantitative estimate of drug-likeness (QED) is 0.728. The van der Waals surface area contributed by atoms with Gasteiger partial charge in [-0.2, -0.15) is 0 Å². The van der Waals surface area contributed by atoms with Crippen molar-refractivity contribution in [3.05, 3.63) is 0 Å². The average molecular weight is 334 g/mol. The summed E-state index contributed by atoms with van der Waals surface area (Å²) in [5, 5.41) is 10.8. The van der Waals surface area contributed by atoms with Crippen LogP contribution < -0.4 is 5.73 Å². The van der Waals surface area contributed by atoms with Crippen LogP contribution in [0.2, 0.25) is 0 Å². The topological polar surface area (TPSA) is 46.2 Å². The lowest BCUT2D eigenvalue weighted by Crippen LogP contribution is -2.55. The lowest BCUT2D eigenvalue weighted by Gasteiger charge is -2.61. The number of rotatable bonds is 1. The molecule has 0 unspecified atom stereocenters. The van der Waals surface area contributed by atoms with Gasteiger partial charge >= 0.3 is 0 Å². The summed E-state index contributed by atoms with van der Waals surface area (Å²) in [6.45, 7) is 9.25. The molecule has 0 heterocycles. The Kier molecular flexibility index (Phi) is 3.94. The van der Waals surface area contributed by atoms with Crippen LogP contribution >= 0.6 is 0 Å². The maximum Gasteiger partial charge on any atom is 0.0625 e. The third kappa shape index (κ3) is 2.35. The molecule has 4 aliphatic rings. The molecule has 3 N–H and O–H groups in total. The molecule has 138 valence electrons. The molecule has 2 nitrogen and oxygen atoms in total. The third-order valence-corrected chi connectivity index (χ3v) is 9.56. The molecule has 4 aliphatic carbocycles. The fraction of sp³-hybridized carbons (Fsp3) is 1.00. The SMILES string of the molecule is CC(C)(O)[C@H]1CC[C@H]2[C@@H]3CC[C@H]4C[C@H](N)CC[C@]4(C)[C@H]3CC[C@]12C. The van der Waals surface area contributed by atoms with Crippen molar-refractivity contribution in [2.45, 2.75) is 97.1 Å². The Morgan fingerprint density at radius 2 is 1.54 bits per heavy atom. The fourth-order valence-corrected chi connectivity index (χ4v) is 8.45. The van der Waals surface area contributed by atoms with Gasteiger partial charge in [0, 0.05) is 6.04 Å². The Labute approximate surface area is 149 Å². The second-order valence-electron chi connectivity index (χ2n) is 11.0. The van der Waals surface area contributed by atoms with Gasteiger partial charge in [-0.15, -0.1) is 0 Å². The summed E-state index contributed by atoms with van der Waals surface area (Å²) in [6, 6.07) is 0.458. The normalized spacial score (nSPS) is 54.8. The van der Waals surface area contributed by atoms with Gasteiger partial charge in [0.2, 0.25) is 0 Å². The van der Waals surface area contributed by atoms with E-state index in [9.17, 15) is 5.11 Å².